The summed E-state index contributed by atoms with van der Waals surface area (Å²) in [6, 6.07) is 61.5. The zero-order valence-electron chi connectivity index (χ0n) is 61.7. The lowest BCUT2D eigenvalue weighted by Crippen LogP contribution is -2.25. The van der Waals surface area contributed by atoms with Crippen LogP contribution in [0.1, 0.15) is 72.9 Å². The lowest BCUT2D eigenvalue weighted by molar-refractivity contribution is 0.348. The third kappa shape index (κ3) is 15.7. The molecule has 16 nitrogen and oxygen atoms in total. The first kappa shape index (κ1) is 75.9. The lowest BCUT2D eigenvalue weighted by atomic mass is 9.72. The number of nitriles is 2. The predicted octanol–water partition coefficient (Wildman–Crippen LogP) is 20.6. The van der Waals surface area contributed by atoms with Gasteiger partial charge in [-0.3, -0.25) is 0 Å². The highest BCUT2D eigenvalue weighted by Crippen LogP contribution is 2.69. The van der Waals surface area contributed by atoms with Crippen LogP contribution >= 0.6 is 0 Å². The molecular weight excluding hydrogens is 1390 g/mol. The molecule has 10 aromatic carbocycles. The van der Waals surface area contributed by atoms with Gasteiger partial charge in [0.1, 0.15) is 92.3 Å². The molecule has 0 heterocycles. The number of hydrogen-bond acceptors (Lipinski definition) is 14. The van der Waals surface area contributed by atoms with E-state index in [-0.39, 0.29) is 156 Å². The quantitative estimate of drug-likeness (QED) is 0.0339. The van der Waals surface area contributed by atoms with Gasteiger partial charge in [0.15, 0.2) is 23.0 Å². The fourth-order valence-corrected chi connectivity index (χ4v) is 14.3. The van der Waals surface area contributed by atoms with Crippen molar-refractivity contribution in [2.45, 2.75) is 50.4 Å². The molecule has 0 spiro atoms. The largest absolute Gasteiger partial charge is 0.468 e. The third-order valence-corrected chi connectivity index (χ3v) is 19.3. The summed E-state index contributed by atoms with van der Waals surface area (Å²) in [7, 11) is 0. The zero-order valence-corrected chi connectivity index (χ0v) is 61.7. The Morgan fingerprint density at radius 3 is 0.795 bits per heavy atom. The molecule has 0 saturated carbocycles. The normalized spacial score (nSPS) is 13.1. The molecule has 0 amide bonds. The first-order valence-corrected chi connectivity index (χ1v) is 35.2. The van der Waals surface area contributed by atoms with Crippen LogP contribution in [0.4, 0.5) is 34.1 Å². The maximum atomic E-state index is 11.2. The number of rotatable bonds is 28. The first-order valence-electron chi connectivity index (χ1n) is 35.2. The van der Waals surface area contributed by atoms with Crippen LogP contribution in [-0.2, 0) is 10.8 Å². The van der Waals surface area contributed by atoms with E-state index in [0.29, 0.717) is 40.1 Å². The number of anilines is 4. The topological polar surface area (TPSA) is 143 Å². The van der Waals surface area contributed by atoms with Gasteiger partial charge in [0.05, 0.1) is 65.5 Å². The molecule has 2 aliphatic rings. The van der Waals surface area contributed by atoms with E-state index in [9.17, 15) is 10.5 Å². The highest BCUT2D eigenvalue weighted by molar-refractivity contribution is 5.74. The molecule has 2 aliphatic carbocycles. The van der Waals surface area contributed by atoms with Crippen molar-refractivity contribution in [3.05, 3.63) is 250 Å². The van der Waals surface area contributed by atoms with Gasteiger partial charge >= 0.3 is 0 Å². The molecule has 542 valence electrons. The van der Waals surface area contributed by atoms with Gasteiger partial charge in [0.25, 0.3) is 11.4 Å². The Morgan fingerprint density at radius 1 is 0.312 bits per heavy atom. The minimum atomic E-state index is -0.755. The second-order valence-electron chi connectivity index (χ2n) is 26.9. The van der Waals surface area contributed by atoms with Crippen LogP contribution in [0.25, 0.3) is 9.69 Å². The van der Waals surface area contributed by atoms with E-state index in [1.165, 1.54) is 0 Å². The number of para-hydroxylation sites is 2. The first-order chi connectivity index (χ1) is 54.5. The Hall–Kier alpha value is -15.8. The van der Waals surface area contributed by atoms with Crippen LogP contribution in [0.5, 0.6) is 92.0 Å². The van der Waals surface area contributed by atoms with E-state index < -0.39 is 10.8 Å². The number of hydrogen-bond donors (Lipinski definition) is 0. The van der Waals surface area contributed by atoms with Crippen molar-refractivity contribution in [2.24, 2.45) is 0 Å². The fraction of sp³-hybridized carbons (Fsp3) is 0.167. The van der Waals surface area contributed by atoms with Crippen molar-refractivity contribution in [1.29, 1.82) is 10.5 Å². The molecule has 0 saturated heterocycles. The lowest BCUT2D eigenvalue weighted by Gasteiger charge is -2.31. The van der Waals surface area contributed by atoms with Crippen molar-refractivity contribution in [3.8, 4) is 203 Å². The van der Waals surface area contributed by atoms with Crippen LogP contribution in [0.2, 0.25) is 0 Å². The molecule has 0 fully saturated rings. The third-order valence-electron chi connectivity index (χ3n) is 19.3. The summed E-state index contributed by atoms with van der Waals surface area (Å²) in [5.74, 6) is 24.3. The number of terminal acetylenes is 8. The molecule has 10 aromatic rings. The molecular formula is C96H70N8O8. The highest BCUT2D eigenvalue weighted by atomic mass is 16.5. The molecule has 0 aromatic heterocycles. The molecule has 16 heteroatoms. The maximum Gasteiger partial charge on any atom is 0.270 e. The summed E-state index contributed by atoms with van der Waals surface area (Å²) in [4.78, 5) is 15.4. The summed E-state index contributed by atoms with van der Waals surface area (Å²) in [6.45, 7) is 28.0. The van der Waals surface area contributed by atoms with Gasteiger partial charge in [-0.2, -0.15) is 10.5 Å². The SMILES string of the molecule is [C-]#[N+]c1c(Oc2cccc(N(CC#C)CC#C)c2)cccc1Oc1cc2c(cc1Oc1cccc(Oc3cccc(N(CC#C)CC#C)c3)c1[N+]#[C-])C(C)(C)C1c3cc(Oc4cccc(Oc5cccc(N(CC#C)CC#C)c5)c4C#N)c(Oc4cccc(Oc5cccc(N(CC#C)CC#C)c5)c4C#N)cc3C(C)(C)C21. The Labute approximate surface area is 654 Å². The van der Waals surface area contributed by atoms with Crippen molar-refractivity contribution in [3.63, 3.8) is 0 Å². The molecule has 112 heavy (non-hydrogen) atoms. The summed E-state index contributed by atoms with van der Waals surface area (Å²) < 4.78 is 54.3. The van der Waals surface area contributed by atoms with E-state index in [1.54, 1.807) is 133 Å². The van der Waals surface area contributed by atoms with Gasteiger partial charge in [-0.05, 0) is 154 Å². The Bertz CT molecular complexity index is 5470. The zero-order chi connectivity index (χ0) is 79.1. The maximum absolute atomic E-state index is 11.2. The molecule has 12 rings (SSSR count). The van der Waals surface area contributed by atoms with Gasteiger partial charge in [0.2, 0.25) is 0 Å². The number of benzene rings is 10. The minimum Gasteiger partial charge on any atom is -0.468 e. The van der Waals surface area contributed by atoms with Crippen molar-refractivity contribution < 1.29 is 37.9 Å². The van der Waals surface area contributed by atoms with Crippen LogP contribution < -0.4 is 57.5 Å². The highest BCUT2D eigenvalue weighted by Gasteiger charge is 2.59. The second kappa shape index (κ2) is 33.8. The Kier molecular flexibility index (Phi) is 22.9. The number of nitrogens with zero attached hydrogens (tertiary/aromatic N) is 8. The number of ether oxygens (including phenoxy) is 8. The van der Waals surface area contributed by atoms with Crippen molar-refractivity contribution in [1.82, 2.24) is 0 Å². The Balaban J connectivity index is 0.990. The van der Waals surface area contributed by atoms with Gasteiger partial charge < -0.3 is 57.5 Å². The summed E-state index contributed by atoms with van der Waals surface area (Å²) >= 11 is 0. The molecule has 0 aliphatic heterocycles. The fourth-order valence-electron chi connectivity index (χ4n) is 14.3. The Morgan fingerprint density at radius 2 is 0.536 bits per heavy atom. The van der Waals surface area contributed by atoms with E-state index in [0.717, 1.165) is 27.9 Å². The van der Waals surface area contributed by atoms with Gasteiger partial charge in [-0.25, -0.2) is 9.69 Å². The smallest absolute Gasteiger partial charge is 0.270 e. The predicted molar refractivity (Wildman–Crippen MR) is 438 cm³/mol. The van der Waals surface area contributed by atoms with Crippen LogP contribution in [0, 0.1) is 135 Å². The van der Waals surface area contributed by atoms with Gasteiger partial charge in [-0.1, -0.05) is 124 Å². The molecule has 0 radical (unpaired) electrons. The minimum absolute atomic E-state index is 0.0432. The molecule has 2 unspecified atom stereocenters. The molecule has 2 atom stereocenters. The van der Waals surface area contributed by atoms with Gasteiger partial charge in [-0.15, -0.1) is 51.4 Å². The van der Waals surface area contributed by atoms with Gasteiger partial charge in [0, 0.05) is 58.9 Å². The average Bonchev–Trinajstić information content (AvgIpc) is 1.52. The number of fused-ring (bicyclic) bond motifs is 5. The van der Waals surface area contributed by atoms with Crippen molar-refractivity contribution >= 4 is 34.1 Å². The monoisotopic (exact) mass is 1460 g/mol. The average molecular weight is 1460 g/mol. The van der Waals surface area contributed by atoms with Crippen LogP contribution in [0.3, 0.4) is 0 Å². The van der Waals surface area contributed by atoms with Crippen LogP contribution in [0.15, 0.2) is 194 Å². The van der Waals surface area contributed by atoms with E-state index in [1.807, 2.05) is 80.3 Å². The summed E-state index contributed by atoms with van der Waals surface area (Å²) in [5, 5.41) is 22.3. The second-order valence-corrected chi connectivity index (χ2v) is 26.9. The van der Waals surface area contributed by atoms with E-state index >= 15 is 0 Å². The molecule has 0 bridgehead atoms. The summed E-state index contributed by atoms with van der Waals surface area (Å²) in [5.41, 5.74) is 5.10. The van der Waals surface area contributed by atoms with E-state index in [2.05, 4.69) is 96.9 Å². The standard InChI is InChI=1S/C96H70N8O8/c1-15-47-101(48-16-2)65-31-23-35-69(55-65)105-79-39-27-41-81(75(79)63-97)109-87-59-73-77(61-89(87)110-82-42-28-40-80(76(82)64-98)106-70-36-24-32-66(56-70)102(49-17-3)50-18-4)95(9,10)92-74-60-88(111-85-45-29-43-83(93(85)99-13)107-71-37-25-33-67(57-71)103(51-19-5)52-20-6)90(62-78(74)96(11,12)91(73)92)112-86-46-30-44-84(94(86)100-14)108-72-38-26-34-68(58-72)104(53-21-7)54-22-8/h1-8,23-46,55-62,91-92H,47-54H2,9-12H3. The van der Waals surface area contributed by atoms with E-state index in [4.69, 9.17) is 102 Å². The van der Waals surface area contributed by atoms with Crippen molar-refractivity contribution in [2.75, 3.05) is 72.0 Å². The van der Waals surface area contributed by atoms with Crippen LogP contribution in [-0.4, -0.2) is 52.4 Å². The summed E-state index contributed by atoms with van der Waals surface area (Å²) in [6.07, 6.45) is 45.9. The molecule has 0 N–H and O–H groups in total.